The van der Waals surface area contributed by atoms with E-state index in [9.17, 15) is 19.2 Å². The number of carbonyl (C=O) groups is 4. The summed E-state index contributed by atoms with van der Waals surface area (Å²) >= 11 is 11.7. The zero-order valence-corrected chi connectivity index (χ0v) is 16.7. The summed E-state index contributed by atoms with van der Waals surface area (Å²) in [6.45, 7) is 0.402. The van der Waals surface area contributed by atoms with Crippen LogP contribution in [0.2, 0.25) is 10.0 Å². The molecule has 0 saturated carbocycles. The topological polar surface area (TPSA) is 95.6 Å². The quantitative estimate of drug-likeness (QED) is 0.517. The molecule has 2 aromatic rings. The van der Waals surface area contributed by atoms with E-state index in [1.54, 1.807) is 30.3 Å². The first-order chi connectivity index (χ1) is 13.9. The highest BCUT2D eigenvalue weighted by Crippen LogP contribution is 2.23. The summed E-state index contributed by atoms with van der Waals surface area (Å²) in [6, 6.07) is 11.1. The third-order valence-corrected chi connectivity index (χ3v) is 5.09. The molecule has 0 aromatic heterocycles. The van der Waals surface area contributed by atoms with Crippen molar-refractivity contribution in [3.05, 3.63) is 69.2 Å². The van der Waals surface area contributed by atoms with Crippen molar-refractivity contribution >= 4 is 46.8 Å². The first-order valence-corrected chi connectivity index (χ1v) is 9.59. The van der Waals surface area contributed by atoms with Crippen LogP contribution in [-0.2, 0) is 4.79 Å². The number of benzene rings is 2. The van der Waals surface area contributed by atoms with Crippen LogP contribution >= 0.6 is 23.2 Å². The average molecular weight is 434 g/mol. The van der Waals surface area contributed by atoms with E-state index in [1.165, 1.54) is 12.1 Å². The number of hydrogen-bond acceptors (Lipinski definition) is 4. The predicted octanol–water partition coefficient (Wildman–Crippen LogP) is 2.53. The minimum atomic E-state index is -0.396. The van der Waals surface area contributed by atoms with Gasteiger partial charge in [-0.1, -0.05) is 35.3 Å². The van der Waals surface area contributed by atoms with E-state index in [0.717, 1.165) is 4.90 Å². The molecule has 0 fully saturated rings. The van der Waals surface area contributed by atoms with E-state index < -0.39 is 11.8 Å². The Kier molecular flexibility index (Phi) is 6.51. The van der Waals surface area contributed by atoms with Crippen molar-refractivity contribution in [2.24, 2.45) is 0 Å². The Bertz CT molecular complexity index is 958. The molecular weight excluding hydrogens is 417 g/mol. The second-order valence-corrected chi connectivity index (χ2v) is 7.11. The number of nitrogens with zero attached hydrogens (tertiary/aromatic N) is 1. The number of imide groups is 1. The Morgan fingerprint density at radius 3 is 2.10 bits per heavy atom. The highest BCUT2D eigenvalue weighted by molar-refractivity contribution is 6.42. The summed E-state index contributed by atoms with van der Waals surface area (Å²) in [5.41, 5.74) is 1.06. The van der Waals surface area contributed by atoms with Gasteiger partial charge < -0.3 is 10.6 Å². The van der Waals surface area contributed by atoms with Gasteiger partial charge >= 0.3 is 0 Å². The fourth-order valence-corrected chi connectivity index (χ4v) is 3.16. The molecule has 0 unspecified atom stereocenters. The lowest BCUT2D eigenvalue weighted by molar-refractivity contribution is -0.121. The number of amides is 4. The second kappa shape index (κ2) is 9.07. The van der Waals surface area contributed by atoms with Gasteiger partial charge in [-0.15, -0.1) is 0 Å². The molecule has 1 aliphatic rings. The Labute approximate surface area is 177 Å². The highest BCUT2D eigenvalue weighted by atomic mass is 35.5. The molecule has 29 heavy (non-hydrogen) atoms. The third kappa shape index (κ3) is 4.75. The molecule has 0 radical (unpaired) electrons. The van der Waals surface area contributed by atoms with E-state index in [4.69, 9.17) is 23.2 Å². The van der Waals surface area contributed by atoms with Gasteiger partial charge in [0.25, 0.3) is 17.7 Å². The summed E-state index contributed by atoms with van der Waals surface area (Å²) < 4.78 is 0. The largest absolute Gasteiger partial charge is 0.354 e. The summed E-state index contributed by atoms with van der Waals surface area (Å²) in [4.78, 5) is 49.6. The molecule has 4 amide bonds. The minimum Gasteiger partial charge on any atom is -0.354 e. The van der Waals surface area contributed by atoms with Crippen molar-refractivity contribution < 1.29 is 19.2 Å². The molecule has 0 bridgehead atoms. The molecule has 3 rings (SSSR count). The normalized spacial score (nSPS) is 12.7. The zero-order chi connectivity index (χ0) is 21.0. The van der Waals surface area contributed by atoms with Crippen LogP contribution in [0.15, 0.2) is 42.5 Å². The zero-order valence-electron chi connectivity index (χ0n) is 15.2. The number of fused-ring (bicyclic) bond motifs is 1. The van der Waals surface area contributed by atoms with Gasteiger partial charge in [-0.2, -0.15) is 0 Å². The standard InChI is InChI=1S/C20H17Cl2N3O4/c21-15-6-5-12(11-16(15)22)18(27)24-9-8-23-17(26)7-10-25-19(28)13-3-1-2-4-14(13)20(25)29/h1-6,11H,7-10H2,(H,23,26)(H,24,27). The van der Waals surface area contributed by atoms with Crippen LogP contribution < -0.4 is 10.6 Å². The molecule has 9 heteroatoms. The first-order valence-electron chi connectivity index (χ1n) is 8.83. The molecule has 1 heterocycles. The lowest BCUT2D eigenvalue weighted by Gasteiger charge is -2.13. The number of carbonyl (C=O) groups excluding carboxylic acids is 4. The van der Waals surface area contributed by atoms with Crippen molar-refractivity contribution in [1.29, 1.82) is 0 Å². The van der Waals surface area contributed by atoms with Crippen LogP contribution in [0.4, 0.5) is 0 Å². The maximum Gasteiger partial charge on any atom is 0.261 e. The van der Waals surface area contributed by atoms with E-state index in [2.05, 4.69) is 10.6 Å². The van der Waals surface area contributed by atoms with E-state index in [1.807, 2.05) is 0 Å². The molecular formula is C20H17Cl2N3O4. The van der Waals surface area contributed by atoms with Crippen LogP contribution in [0.25, 0.3) is 0 Å². The van der Waals surface area contributed by atoms with E-state index >= 15 is 0 Å². The molecule has 0 saturated heterocycles. The van der Waals surface area contributed by atoms with Gasteiger partial charge in [-0.05, 0) is 30.3 Å². The smallest absolute Gasteiger partial charge is 0.261 e. The van der Waals surface area contributed by atoms with Gasteiger partial charge in [-0.3, -0.25) is 24.1 Å². The lowest BCUT2D eigenvalue weighted by atomic mass is 10.1. The Hall–Kier alpha value is -2.90. The fraction of sp³-hybridized carbons (Fsp3) is 0.200. The van der Waals surface area contributed by atoms with E-state index in [-0.39, 0.29) is 42.9 Å². The van der Waals surface area contributed by atoms with Crippen LogP contribution in [-0.4, -0.2) is 48.2 Å². The molecule has 2 aromatic carbocycles. The maximum atomic E-state index is 12.2. The van der Waals surface area contributed by atoms with Crippen LogP contribution in [0.3, 0.4) is 0 Å². The molecule has 0 atom stereocenters. The fourth-order valence-electron chi connectivity index (χ4n) is 2.86. The number of rotatable bonds is 7. The molecule has 1 aliphatic heterocycles. The van der Waals surface area contributed by atoms with Crippen molar-refractivity contribution in [2.75, 3.05) is 19.6 Å². The Morgan fingerprint density at radius 1 is 0.862 bits per heavy atom. The second-order valence-electron chi connectivity index (χ2n) is 6.29. The van der Waals surface area contributed by atoms with Crippen molar-refractivity contribution in [1.82, 2.24) is 15.5 Å². The maximum absolute atomic E-state index is 12.2. The number of halogens is 2. The summed E-state index contributed by atoms with van der Waals surface area (Å²) in [5.74, 6) is -1.46. The number of nitrogens with one attached hydrogen (secondary N) is 2. The summed E-state index contributed by atoms with van der Waals surface area (Å²) in [7, 11) is 0. The first kappa shape index (κ1) is 20.8. The molecule has 7 nitrogen and oxygen atoms in total. The third-order valence-electron chi connectivity index (χ3n) is 4.36. The van der Waals surface area contributed by atoms with Crippen molar-refractivity contribution in [2.45, 2.75) is 6.42 Å². The Morgan fingerprint density at radius 2 is 1.48 bits per heavy atom. The van der Waals surface area contributed by atoms with Crippen LogP contribution in [0.1, 0.15) is 37.5 Å². The lowest BCUT2D eigenvalue weighted by Crippen LogP contribution is -2.37. The highest BCUT2D eigenvalue weighted by Gasteiger charge is 2.34. The molecule has 0 spiro atoms. The monoisotopic (exact) mass is 433 g/mol. The van der Waals surface area contributed by atoms with Gasteiger partial charge in [0.1, 0.15) is 0 Å². The van der Waals surface area contributed by atoms with Crippen LogP contribution in [0.5, 0.6) is 0 Å². The summed E-state index contributed by atoms with van der Waals surface area (Å²) in [6.07, 6.45) is -0.0216. The summed E-state index contributed by atoms with van der Waals surface area (Å²) in [5, 5.41) is 5.92. The van der Waals surface area contributed by atoms with Crippen molar-refractivity contribution in [3.63, 3.8) is 0 Å². The van der Waals surface area contributed by atoms with Gasteiger partial charge in [-0.25, -0.2) is 0 Å². The van der Waals surface area contributed by atoms with Gasteiger partial charge in [0, 0.05) is 31.6 Å². The van der Waals surface area contributed by atoms with Crippen LogP contribution in [0, 0.1) is 0 Å². The minimum absolute atomic E-state index is 0.00614. The molecule has 0 aliphatic carbocycles. The predicted molar refractivity (Wildman–Crippen MR) is 108 cm³/mol. The van der Waals surface area contributed by atoms with Gasteiger partial charge in [0.05, 0.1) is 21.2 Å². The Balaban J connectivity index is 1.40. The van der Waals surface area contributed by atoms with E-state index in [0.29, 0.717) is 21.7 Å². The van der Waals surface area contributed by atoms with Crippen molar-refractivity contribution in [3.8, 4) is 0 Å². The molecule has 2 N–H and O–H groups in total. The van der Waals surface area contributed by atoms with Gasteiger partial charge in [0.15, 0.2) is 0 Å². The van der Waals surface area contributed by atoms with Gasteiger partial charge in [0.2, 0.25) is 5.91 Å². The average Bonchev–Trinajstić information content (AvgIpc) is 2.96. The SMILES string of the molecule is O=C(CCN1C(=O)c2ccccc2C1=O)NCCNC(=O)c1ccc(Cl)c(Cl)c1. The number of hydrogen-bond donors (Lipinski definition) is 2. The molecule has 150 valence electrons.